The normalized spacial score (nSPS) is 16.2. The summed E-state index contributed by atoms with van der Waals surface area (Å²) >= 11 is 0. The molecule has 3 aromatic rings. The lowest BCUT2D eigenvalue weighted by molar-refractivity contribution is -0.139. The molecule has 2 N–H and O–H groups in total. The van der Waals surface area contributed by atoms with Crippen molar-refractivity contribution in [2.75, 3.05) is 37.8 Å². The number of rotatable bonds is 9. The topological polar surface area (TPSA) is 88.1 Å². The predicted molar refractivity (Wildman–Crippen MR) is 152 cm³/mol. The second-order valence-electron chi connectivity index (χ2n) is 10.4. The van der Waals surface area contributed by atoms with Crippen LogP contribution < -0.4 is 10.2 Å². The van der Waals surface area contributed by atoms with E-state index in [-0.39, 0.29) is 18.9 Å². The molecule has 5 rings (SSSR count). The second kappa shape index (κ2) is 11.9. The van der Waals surface area contributed by atoms with Gasteiger partial charge in [-0.15, -0.1) is 0 Å². The van der Waals surface area contributed by atoms with Gasteiger partial charge in [0, 0.05) is 31.1 Å². The Balaban J connectivity index is 1.27. The van der Waals surface area contributed by atoms with E-state index in [9.17, 15) is 14.7 Å². The number of anilines is 1. The lowest BCUT2D eigenvalue weighted by atomic mass is 9.92. The third kappa shape index (κ3) is 5.78. The molecule has 7 nitrogen and oxygen atoms in total. The summed E-state index contributed by atoms with van der Waals surface area (Å²) in [6, 6.07) is 21.3. The van der Waals surface area contributed by atoms with Crippen LogP contribution in [0.25, 0.3) is 11.1 Å². The van der Waals surface area contributed by atoms with Crippen LogP contribution in [0.1, 0.15) is 54.4 Å². The summed E-state index contributed by atoms with van der Waals surface area (Å²) in [7, 11) is 0. The summed E-state index contributed by atoms with van der Waals surface area (Å²) in [5.41, 5.74) is 7.74. The molecule has 1 aliphatic heterocycles. The van der Waals surface area contributed by atoms with Gasteiger partial charge < -0.3 is 24.8 Å². The highest BCUT2D eigenvalue weighted by atomic mass is 16.5. The number of benzene rings is 3. The van der Waals surface area contributed by atoms with Crippen LogP contribution in [0.15, 0.2) is 66.7 Å². The molecule has 1 saturated heterocycles. The van der Waals surface area contributed by atoms with Crippen LogP contribution in [0.3, 0.4) is 0 Å². The van der Waals surface area contributed by atoms with Crippen molar-refractivity contribution in [3.05, 3.63) is 89.0 Å². The molecular weight excluding hydrogens is 492 g/mol. The first-order valence-electron chi connectivity index (χ1n) is 13.8. The first kappa shape index (κ1) is 26.8. The number of nitrogens with one attached hydrogen (secondary N) is 1. The van der Waals surface area contributed by atoms with Gasteiger partial charge in [0.1, 0.15) is 12.6 Å². The number of aliphatic carboxylic acids is 1. The number of carbonyl (C=O) groups is 2. The van der Waals surface area contributed by atoms with Gasteiger partial charge in [0.2, 0.25) is 0 Å². The van der Waals surface area contributed by atoms with Crippen LogP contribution in [0.4, 0.5) is 10.5 Å². The zero-order valence-corrected chi connectivity index (χ0v) is 22.6. The lowest BCUT2D eigenvalue weighted by Crippen LogP contribution is -2.43. The molecule has 7 heteroatoms. The summed E-state index contributed by atoms with van der Waals surface area (Å²) in [6.07, 6.45) is 0.421. The molecule has 1 amide bonds. The van der Waals surface area contributed by atoms with Gasteiger partial charge in [-0.1, -0.05) is 74.5 Å². The maximum absolute atomic E-state index is 12.8. The number of alkyl carbamates (subject to hydrolysis) is 1. The molecule has 2 unspecified atom stereocenters. The van der Waals surface area contributed by atoms with Crippen molar-refractivity contribution in [2.24, 2.45) is 0 Å². The number of amides is 1. The van der Waals surface area contributed by atoms with Gasteiger partial charge in [0.05, 0.1) is 13.2 Å². The van der Waals surface area contributed by atoms with Crippen molar-refractivity contribution in [1.29, 1.82) is 0 Å². The van der Waals surface area contributed by atoms with Crippen molar-refractivity contribution >= 4 is 17.7 Å². The van der Waals surface area contributed by atoms with Crippen molar-refractivity contribution < 1.29 is 24.2 Å². The van der Waals surface area contributed by atoms with Gasteiger partial charge in [-0.25, -0.2) is 9.59 Å². The van der Waals surface area contributed by atoms with E-state index in [0.717, 1.165) is 47.3 Å². The van der Waals surface area contributed by atoms with Gasteiger partial charge in [-0.05, 0) is 51.8 Å². The van der Waals surface area contributed by atoms with Crippen molar-refractivity contribution in [3.63, 3.8) is 0 Å². The summed E-state index contributed by atoms with van der Waals surface area (Å²) in [4.78, 5) is 27.3. The Morgan fingerprint density at radius 3 is 2.28 bits per heavy atom. The van der Waals surface area contributed by atoms with E-state index in [4.69, 9.17) is 9.47 Å². The number of fused-ring (bicyclic) bond motifs is 3. The molecule has 0 bridgehead atoms. The zero-order chi connectivity index (χ0) is 27.4. The van der Waals surface area contributed by atoms with E-state index < -0.39 is 18.1 Å². The number of ether oxygens (including phenoxy) is 2. The number of carbonyl (C=O) groups excluding carboxylic acids is 1. The number of hydrogen-bond acceptors (Lipinski definition) is 5. The number of morpholine rings is 1. The van der Waals surface area contributed by atoms with Crippen LogP contribution in [-0.4, -0.2) is 56.1 Å². The number of carboxylic acid groups (broad SMARTS) is 1. The van der Waals surface area contributed by atoms with E-state index in [2.05, 4.69) is 60.5 Å². The molecule has 1 heterocycles. The highest BCUT2D eigenvalue weighted by molar-refractivity contribution is 5.81. The standard InChI is InChI=1S/C32H36N2O5/c1-3-21(2)27-18-22(12-13-30(27)34-14-16-38-17-15-34)19-29(31(35)36)33-32(37)39-20-28-25-10-6-4-8-23(25)24-9-5-7-11-26(24)28/h4-13,18,21,28-29H,3,14-17,19-20H2,1-2H3,(H,33,37)(H,35,36). The summed E-state index contributed by atoms with van der Waals surface area (Å²) < 4.78 is 11.1. The Labute approximate surface area is 229 Å². The number of hydrogen-bond donors (Lipinski definition) is 2. The average molecular weight is 529 g/mol. The molecule has 0 saturated carbocycles. The average Bonchev–Trinajstić information content (AvgIpc) is 3.29. The van der Waals surface area contributed by atoms with Crippen molar-refractivity contribution in [3.8, 4) is 11.1 Å². The largest absolute Gasteiger partial charge is 0.480 e. The lowest BCUT2D eigenvalue weighted by Gasteiger charge is -2.32. The van der Waals surface area contributed by atoms with Crippen LogP contribution in [0.5, 0.6) is 0 Å². The third-order valence-corrected chi connectivity index (χ3v) is 7.96. The Kier molecular flexibility index (Phi) is 8.17. The zero-order valence-electron chi connectivity index (χ0n) is 22.6. The number of carboxylic acids is 1. The molecule has 2 atom stereocenters. The van der Waals surface area contributed by atoms with E-state index >= 15 is 0 Å². The molecule has 39 heavy (non-hydrogen) atoms. The molecule has 3 aromatic carbocycles. The molecule has 1 aliphatic carbocycles. The minimum Gasteiger partial charge on any atom is -0.480 e. The fourth-order valence-electron chi connectivity index (χ4n) is 5.66. The minimum atomic E-state index is -1.10. The Morgan fingerprint density at radius 2 is 1.67 bits per heavy atom. The summed E-state index contributed by atoms with van der Waals surface area (Å²) in [6.45, 7) is 7.55. The second-order valence-corrected chi connectivity index (χ2v) is 10.4. The molecule has 204 valence electrons. The Hall–Kier alpha value is -3.84. The SMILES string of the molecule is CCC(C)c1cc(CC(NC(=O)OCC2c3ccccc3-c3ccccc32)C(=O)O)ccc1N1CCOCC1. The highest BCUT2D eigenvalue weighted by Gasteiger charge is 2.30. The Morgan fingerprint density at radius 1 is 1.03 bits per heavy atom. The van der Waals surface area contributed by atoms with Gasteiger partial charge in [-0.2, -0.15) is 0 Å². The quantitative estimate of drug-likeness (QED) is 0.378. The van der Waals surface area contributed by atoms with Gasteiger partial charge in [0.15, 0.2) is 0 Å². The van der Waals surface area contributed by atoms with E-state index in [1.165, 1.54) is 11.3 Å². The molecule has 2 aliphatic rings. The third-order valence-electron chi connectivity index (χ3n) is 7.96. The maximum atomic E-state index is 12.8. The Bertz CT molecular complexity index is 1290. The smallest absolute Gasteiger partial charge is 0.407 e. The molecule has 0 spiro atoms. The number of nitrogens with zero attached hydrogens (tertiary/aromatic N) is 1. The van der Waals surface area contributed by atoms with Crippen molar-refractivity contribution in [1.82, 2.24) is 5.32 Å². The van der Waals surface area contributed by atoms with Crippen LogP contribution in [0, 0.1) is 0 Å². The first-order chi connectivity index (χ1) is 19.0. The fraction of sp³-hybridized carbons (Fsp3) is 0.375. The summed E-state index contributed by atoms with van der Waals surface area (Å²) in [5.74, 6) is -0.857. The highest BCUT2D eigenvalue weighted by Crippen LogP contribution is 2.44. The minimum absolute atomic E-state index is 0.0859. The molecule has 0 aromatic heterocycles. The monoisotopic (exact) mass is 528 g/mol. The molecule has 0 radical (unpaired) electrons. The van der Waals surface area contributed by atoms with Gasteiger partial charge in [0.25, 0.3) is 0 Å². The van der Waals surface area contributed by atoms with Gasteiger partial charge in [-0.3, -0.25) is 0 Å². The van der Waals surface area contributed by atoms with Crippen LogP contribution in [0.2, 0.25) is 0 Å². The van der Waals surface area contributed by atoms with Crippen LogP contribution in [-0.2, 0) is 20.7 Å². The maximum Gasteiger partial charge on any atom is 0.407 e. The predicted octanol–water partition coefficient (Wildman–Crippen LogP) is 5.57. The van der Waals surface area contributed by atoms with Gasteiger partial charge >= 0.3 is 12.1 Å². The van der Waals surface area contributed by atoms with Crippen LogP contribution >= 0.6 is 0 Å². The molecule has 1 fully saturated rings. The first-order valence-corrected chi connectivity index (χ1v) is 13.8. The van der Waals surface area contributed by atoms with E-state index in [1.54, 1.807) is 0 Å². The van der Waals surface area contributed by atoms with E-state index in [0.29, 0.717) is 19.1 Å². The summed E-state index contributed by atoms with van der Waals surface area (Å²) in [5, 5.41) is 12.5. The fourth-order valence-corrected chi connectivity index (χ4v) is 5.66. The van der Waals surface area contributed by atoms with E-state index in [1.807, 2.05) is 30.3 Å². The molecular formula is C32H36N2O5. The van der Waals surface area contributed by atoms with Crippen molar-refractivity contribution in [2.45, 2.75) is 44.6 Å².